The van der Waals surface area contributed by atoms with Crippen molar-refractivity contribution in [1.29, 1.82) is 0 Å². The number of rotatable bonds is 14. The molecule has 0 aliphatic carbocycles. The molecule has 0 N–H and O–H groups in total. The van der Waals surface area contributed by atoms with Crippen LogP contribution >= 0.6 is 23.2 Å². The number of benzene rings is 1. The Bertz CT molecular complexity index is 637. The van der Waals surface area contributed by atoms with Gasteiger partial charge in [0.05, 0.1) is 12.3 Å². The van der Waals surface area contributed by atoms with E-state index in [2.05, 4.69) is 25.1 Å². The molecule has 158 valence electrons. The second kappa shape index (κ2) is 14.6. The molecule has 0 aliphatic heterocycles. The fourth-order valence-corrected chi connectivity index (χ4v) is 2.83. The molecule has 4 nitrogen and oxygen atoms in total. The molecule has 28 heavy (non-hydrogen) atoms. The lowest BCUT2D eigenvalue weighted by molar-refractivity contribution is 0.138. The van der Waals surface area contributed by atoms with Crippen molar-refractivity contribution < 1.29 is 14.3 Å². The van der Waals surface area contributed by atoms with Crippen LogP contribution in [0.25, 0.3) is 0 Å². The van der Waals surface area contributed by atoms with Crippen molar-refractivity contribution in [2.24, 2.45) is 5.16 Å². The first-order valence-corrected chi connectivity index (χ1v) is 10.8. The molecular weight excluding hydrogens is 397 g/mol. The van der Waals surface area contributed by atoms with Gasteiger partial charge in [0.1, 0.15) is 29.2 Å². The summed E-state index contributed by atoms with van der Waals surface area (Å²) in [4.78, 5) is 5.22. The average molecular weight is 430 g/mol. The molecule has 0 unspecified atom stereocenters. The summed E-state index contributed by atoms with van der Waals surface area (Å²) in [6, 6.07) is 4.11. The summed E-state index contributed by atoms with van der Waals surface area (Å²) in [5, 5.41) is 3.94. The van der Waals surface area contributed by atoms with Crippen molar-refractivity contribution in [2.45, 2.75) is 66.2 Å². The largest absolute Gasteiger partial charge is 0.493 e. The first-order valence-electron chi connectivity index (χ1n) is 10.0. The zero-order valence-electron chi connectivity index (χ0n) is 17.5. The van der Waals surface area contributed by atoms with Crippen LogP contribution < -0.4 is 9.47 Å². The smallest absolute Gasteiger partial charge is 0.125 e. The molecule has 0 radical (unpaired) electrons. The summed E-state index contributed by atoms with van der Waals surface area (Å²) in [6.45, 7) is 9.84. The van der Waals surface area contributed by atoms with E-state index in [-0.39, 0.29) is 4.49 Å². The van der Waals surface area contributed by atoms with Gasteiger partial charge >= 0.3 is 0 Å². The summed E-state index contributed by atoms with van der Waals surface area (Å²) >= 11 is 11.3. The summed E-state index contributed by atoms with van der Waals surface area (Å²) < 4.78 is 12.2. The highest BCUT2D eigenvalue weighted by molar-refractivity contribution is 6.55. The first kappa shape index (κ1) is 24.6. The van der Waals surface area contributed by atoms with Gasteiger partial charge in [-0.1, -0.05) is 48.6 Å². The lowest BCUT2D eigenvalue weighted by atomic mass is 10.0. The van der Waals surface area contributed by atoms with Crippen LogP contribution in [0.4, 0.5) is 0 Å². The maximum Gasteiger partial charge on any atom is 0.125 e. The van der Waals surface area contributed by atoms with Crippen LogP contribution in [0.2, 0.25) is 0 Å². The van der Waals surface area contributed by atoms with Crippen LogP contribution in [-0.4, -0.2) is 25.5 Å². The third-order valence-electron chi connectivity index (χ3n) is 3.98. The van der Waals surface area contributed by atoms with E-state index in [0.29, 0.717) is 19.8 Å². The van der Waals surface area contributed by atoms with E-state index in [1.54, 1.807) is 6.08 Å². The van der Waals surface area contributed by atoms with E-state index in [1.807, 2.05) is 19.9 Å². The number of nitrogens with zero attached hydrogens (tertiary/aromatic N) is 1. The van der Waals surface area contributed by atoms with E-state index in [1.165, 1.54) is 5.56 Å². The van der Waals surface area contributed by atoms with Crippen molar-refractivity contribution in [2.75, 3.05) is 19.8 Å². The minimum absolute atomic E-state index is 0.214. The minimum Gasteiger partial charge on any atom is -0.493 e. The zero-order valence-corrected chi connectivity index (χ0v) is 19.0. The lowest BCUT2D eigenvalue weighted by Crippen LogP contribution is -2.05. The average Bonchev–Trinajstić information content (AvgIpc) is 2.64. The number of halogens is 2. The van der Waals surface area contributed by atoms with Crippen molar-refractivity contribution in [3.8, 4) is 11.5 Å². The zero-order chi connectivity index (χ0) is 20.8. The van der Waals surface area contributed by atoms with Crippen LogP contribution in [0, 0.1) is 0 Å². The Morgan fingerprint density at radius 2 is 1.71 bits per heavy atom. The fourth-order valence-electron chi connectivity index (χ4n) is 2.70. The standard InChI is InChI=1S/C22H33Cl2NO3/c1-5-10-19-16-20(26-14-11-21(23)24)15-18(6-2)22(19)27-12-8-7-9-13-28-25-17(3)4/h11,15-16H,5-10,12-14H2,1-4H3. The molecule has 0 heterocycles. The topological polar surface area (TPSA) is 40.0 Å². The Kier molecular flexibility index (Phi) is 12.8. The van der Waals surface area contributed by atoms with E-state index < -0.39 is 0 Å². The molecule has 0 atom stereocenters. The Labute approximate surface area is 179 Å². The van der Waals surface area contributed by atoms with Crippen molar-refractivity contribution in [3.63, 3.8) is 0 Å². The van der Waals surface area contributed by atoms with Gasteiger partial charge in [0.25, 0.3) is 0 Å². The highest BCUT2D eigenvalue weighted by Gasteiger charge is 2.12. The molecule has 0 aromatic heterocycles. The summed E-state index contributed by atoms with van der Waals surface area (Å²) in [5.74, 6) is 1.83. The minimum atomic E-state index is 0.214. The second-order valence-electron chi connectivity index (χ2n) is 6.76. The molecule has 0 amide bonds. The van der Waals surface area contributed by atoms with E-state index >= 15 is 0 Å². The number of unbranched alkanes of at least 4 members (excludes halogenated alkanes) is 2. The van der Waals surface area contributed by atoms with Gasteiger partial charge < -0.3 is 14.3 Å². The van der Waals surface area contributed by atoms with Crippen LogP contribution in [0.15, 0.2) is 27.9 Å². The van der Waals surface area contributed by atoms with Gasteiger partial charge in [-0.25, -0.2) is 0 Å². The monoisotopic (exact) mass is 429 g/mol. The van der Waals surface area contributed by atoms with Crippen molar-refractivity contribution in [1.82, 2.24) is 0 Å². The second-order valence-corrected chi connectivity index (χ2v) is 7.77. The van der Waals surface area contributed by atoms with Gasteiger partial charge in [-0.3, -0.25) is 0 Å². The predicted octanol–water partition coefficient (Wildman–Crippen LogP) is 6.86. The molecule has 0 saturated carbocycles. The third kappa shape index (κ3) is 10.2. The SMILES string of the molecule is CCCc1cc(OCC=C(Cl)Cl)cc(CC)c1OCCCCCON=C(C)C. The fraction of sp³-hybridized carbons (Fsp3) is 0.591. The molecule has 1 aromatic carbocycles. The van der Waals surface area contributed by atoms with Crippen molar-refractivity contribution in [3.05, 3.63) is 33.8 Å². The normalized spacial score (nSPS) is 10.4. The lowest BCUT2D eigenvalue weighted by Gasteiger charge is -2.17. The van der Waals surface area contributed by atoms with Crippen molar-refractivity contribution >= 4 is 28.9 Å². The molecule has 0 fully saturated rings. The van der Waals surface area contributed by atoms with Crippen LogP contribution in [0.3, 0.4) is 0 Å². The summed E-state index contributed by atoms with van der Waals surface area (Å²) in [5.41, 5.74) is 3.29. The molecule has 6 heteroatoms. The predicted molar refractivity (Wildman–Crippen MR) is 119 cm³/mol. The summed E-state index contributed by atoms with van der Waals surface area (Å²) in [6.07, 6.45) is 7.54. The van der Waals surface area contributed by atoms with Crippen LogP contribution in [0.1, 0.15) is 64.5 Å². The molecule has 0 aliphatic rings. The van der Waals surface area contributed by atoms with E-state index in [4.69, 9.17) is 37.5 Å². The molecule has 0 saturated heterocycles. The molecule has 0 spiro atoms. The number of ether oxygens (including phenoxy) is 2. The van der Waals surface area contributed by atoms with Gasteiger partial charge in [0.15, 0.2) is 0 Å². The molecule has 0 bridgehead atoms. The molecular formula is C22H33Cl2NO3. The maximum absolute atomic E-state index is 6.18. The van der Waals surface area contributed by atoms with Crippen LogP contribution in [0.5, 0.6) is 11.5 Å². The van der Waals surface area contributed by atoms with Gasteiger partial charge in [-0.05, 0) is 75.3 Å². The van der Waals surface area contributed by atoms with E-state index in [9.17, 15) is 0 Å². The first-order chi connectivity index (χ1) is 13.5. The Hall–Kier alpha value is -1.39. The van der Waals surface area contributed by atoms with Gasteiger partial charge in [-0.15, -0.1) is 0 Å². The number of oxime groups is 1. The number of aryl methyl sites for hydroxylation is 2. The number of hydrogen-bond donors (Lipinski definition) is 0. The van der Waals surface area contributed by atoms with Gasteiger partial charge in [-0.2, -0.15) is 0 Å². The van der Waals surface area contributed by atoms with Gasteiger partial charge in [0.2, 0.25) is 0 Å². The van der Waals surface area contributed by atoms with Gasteiger partial charge in [0, 0.05) is 0 Å². The molecule has 1 aromatic rings. The quantitative estimate of drug-likeness (QED) is 0.184. The number of hydrogen-bond acceptors (Lipinski definition) is 4. The highest BCUT2D eigenvalue weighted by Crippen LogP contribution is 2.31. The maximum atomic E-state index is 6.18. The Morgan fingerprint density at radius 1 is 1.00 bits per heavy atom. The Morgan fingerprint density at radius 3 is 2.36 bits per heavy atom. The van der Waals surface area contributed by atoms with Crippen LogP contribution in [-0.2, 0) is 17.7 Å². The summed E-state index contributed by atoms with van der Waals surface area (Å²) in [7, 11) is 0. The van der Waals surface area contributed by atoms with E-state index in [0.717, 1.165) is 61.3 Å². The third-order valence-corrected chi connectivity index (χ3v) is 4.29. The Balaban J connectivity index is 2.62. The highest BCUT2D eigenvalue weighted by atomic mass is 35.5. The molecule has 1 rings (SSSR count).